The number of benzene rings is 2. The van der Waals surface area contributed by atoms with Crippen LogP contribution in [0.4, 0.5) is 11.4 Å². The minimum absolute atomic E-state index is 0.0868. The number of hydrogen-bond acceptors (Lipinski definition) is 5. The van der Waals surface area contributed by atoms with Gasteiger partial charge in [0.05, 0.1) is 31.7 Å². The van der Waals surface area contributed by atoms with Crippen molar-refractivity contribution < 1.29 is 19.0 Å². The lowest BCUT2D eigenvalue weighted by molar-refractivity contribution is -0.116. The second kappa shape index (κ2) is 9.56. The third-order valence-corrected chi connectivity index (χ3v) is 3.60. The molecule has 0 atom stereocenters. The Balaban J connectivity index is 1.90. The normalized spacial score (nSPS) is 10.3. The fraction of sp³-hybridized carbons (Fsp3) is 0.350. The Morgan fingerprint density at radius 3 is 2.46 bits per heavy atom. The summed E-state index contributed by atoms with van der Waals surface area (Å²) in [5, 5.41) is 6.10. The predicted octanol–water partition coefficient (Wildman–Crippen LogP) is 3.93. The quantitative estimate of drug-likeness (QED) is 0.711. The molecule has 140 valence electrons. The van der Waals surface area contributed by atoms with Crippen LogP contribution in [0.15, 0.2) is 42.5 Å². The first-order valence-corrected chi connectivity index (χ1v) is 8.55. The molecule has 0 bridgehead atoms. The minimum atomic E-state index is -0.108. The van der Waals surface area contributed by atoms with Gasteiger partial charge in [0.1, 0.15) is 17.2 Å². The number of carbonyl (C=O) groups is 1. The van der Waals surface area contributed by atoms with Gasteiger partial charge in [-0.1, -0.05) is 12.1 Å². The molecule has 0 saturated heterocycles. The summed E-state index contributed by atoms with van der Waals surface area (Å²) >= 11 is 0. The first kappa shape index (κ1) is 19.4. The van der Waals surface area contributed by atoms with Crippen LogP contribution < -0.4 is 24.8 Å². The number of amides is 1. The van der Waals surface area contributed by atoms with Crippen molar-refractivity contribution in [1.82, 2.24) is 0 Å². The number of rotatable bonds is 9. The Morgan fingerprint density at radius 2 is 1.77 bits per heavy atom. The molecule has 0 aliphatic rings. The molecule has 0 heterocycles. The van der Waals surface area contributed by atoms with Gasteiger partial charge < -0.3 is 24.8 Å². The highest BCUT2D eigenvalue weighted by molar-refractivity contribution is 5.92. The summed E-state index contributed by atoms with van der Waals surface area (Å²) in [5.41, 5.74) is 1.48. The molecule has 2 aromatic carbocycles. The molecule has 0 aliphatic heterocycles. The van der Waals surface area contributed by atoms with Crippen molar-refractivity contribution >= 4 is 17.3 Å². The van der Waals surface area contributed by atoms with Gasteiger partial charge in [-0.2, -0.15) is 0 Å². The van der Waals surface area contributed by atoms with E-state index in [1.165, 1.54) is 0 Å². The molecule has 0 unspecified atom stereocenters. The smallest absolute Gasteiger partial charge is 0.226 e. The second-order valence-corrected chi connectivity index (χ2v) is 5.95. The van der Waals surface area contributed by atoms with Gasteiger partial charge in [0.25, 0.3) is 0 Å². The van der Waals surface area contributed by atoms with E-state index in [0.29, 0.717) is 30.2 Å². The number of ether oxygens (including phenoxy) is 3. The molecule has 0 fully saturated rings. The van der Waals surface area contributed by atoms with Crippen molar-refractivity contribution in [3.05, 3.63) is 42.5 Å². The van der Waals surface area contributed by atoms with Crippen LogP contribution in [-0.2, 0) is 4.79 Å². The predicted molar refractivity (Wildman–Crippen MR) is 103 cm³/mol. The molecular weight excluding hydrogens is 332 g/mol. The third-order valence-electron chi connectivity index (χ3n) is 3.60. The van der Waals surface area contributed by atoms with Crippen LogP contribution in [0.25, 0.3) is 0 Å². The molecular formula is C20H26N2O4. The van der Waals surface area contributed by atoms with E-state index < -0.39 is 0 Å². The van der Waals surface area contributed by atoms with E-state index >= 15 is 0 Å². The lowest BCUT2D eigenvalue weighted by Crippen LogP contribution is -2.17. The zero-order valence-corrected chi connectivity index (χ0v) is 15.7. The minimum Gasteiger partial charge on any atom is -0.497 e. The van der Waals surface area contributed by atoms with E-state index in [4.69, 9.17) is 14.2 Å². The van der Waals surface area contributed by atoms with Gasteiger partial charge in [-0.05, 0) is 38.1 Å². The molecule has 6 heteroatoms. The lowest BCUT2D eigenvalue weighted by Gasteiger charge is -2.15. The maximum Gasteiger partial charge on any atom is 0.226 e. The fourth-order valence-electron chi connectivity index (χ4n) is 2.39. The van der Waals surface area contributed by atoms with E-state index in [-0.39, 0.29) is 12.0 Å². The van der Waals surface area contributed by atoms with E-state index in [1.54, 1.807) is 32.4 Å². The number of nitrogens with one attached hydrogen (secondary N) is 2. The van der Waals surface area contributed by atoms with Gasteiger partial charge in [0, 0.05) is 19.0 Å². The van der Waals surface area contributed by atoms with Crippen LogP contribution >= 0.6 is 0 Å². The summed E-state index contributed by atoms with van der Waals surface area (Å²) in [7, 11) is 3.14. The zero-order valence-electron chi connectivity index (χ0n) is 15.7. The molecule has 0 aliphatic carbocycles. The molecule has 26 heavy (non-hydrogen) atoms. The van der Waals surface area contributed by atoms with Crippen LogP contribution in [0.1, 0.15) is 20.3 Å². The Hall–Kier alpha value is -2.89. The van der Waals surface area contributed by atoms with E-state index in [1.807, 2.05) is 38.1 Å². The molecule has 0 saturated carbocycles. The molecule has 1 amide bonds. The Kier molecular flexibility index (Phi) is 7.14. The van der Waals surface area contributed by atoms with E-state index in [9.17, 15) is 4.79 Å². The maximum atomic E-state index is 12.2. The monoisotopic (exact) mass is 358 g/mol. The highest BCUT2D eigenvalue weighted by Gasteiger charge is 2.10. The summed E-state index contributed by atoms with van der Waals surface area (Å²) in [5.74, 6) is 1.90. The molecule has 0 spiro atoms. The Morgan fingerprint density at radius 1 is 1.00 bits per heavy atom. The van der Waals surface area contributed by atoms with Crippen molar-refractivity contribution in [2.75, 3.05) is 31.4 Å². The first-order valence-electron chi connectivity index (χ1n) is 8.55. The van der Waals surface area contributed by atoms with Crippen molar-refractivity contribution in [3.63, 3.8) is 0 Å². The van der Waals surface area contributed by atoms with Gasteiger partial charge in [0.2, 0.25) is 5.91 Å². The van der Waals surface area contributed by atoms with Gasteiger partial charge in [0.15, 0.2) is 0 Å². The van der Waals surface area contributed by atoms with E-state index in [2.05, 4.69) is 10.6 Å². The number of methoxy groups -OCH3 is 2. The number of para-hydroxylation sites is 2. The standard InChI is InChI=1S/C20H26N2O4/c1-14(2)26-18-8-6-5-7-16(18)21-12-11-20(23)22-17-10-9-15(24-3)13-19(17)25-4/h5-10,13-14,21H,11-12H2,1-4H3,(H,22,23). The second-order valence-electron chi connectivity index (χ2n) is 5.95. The maximum absolute atomic E-state index is 12.2. The summed E-state index contributed by atoms with van der Waals surface area (Å²) in [6.45, 7) is 4.45. The van der Waals surface area contributed by atoms with Gasteiger partial charge in [-0.3, -0.25) is 4.79 Å². The zero-order chi connectivity index (χ0) is 18.9. The van der Waals surface area contributed by atoms with Gasteiger partial charge >= 0.3 is 0 Å². The first-order chi connectivity index (χ1) is 12.5. The van der Waals surface area contributed by atoms with Crippen LogP contribution in [0.5, 0.6) is 17.2 Å². The van der Waals surface area contributed by atoms with Crippen molar-refractivity contribution in [2.45, 2.75) is 26.4 Å². The average Bonchev–Trinajstić information content (AvgIpc) is 2.63. The summed E-state index contributed by atoms with van der Waals surface area (Å²) in [4.78, 5) is 12.2. The molecule has 2 aromatic rings. The summed E-state index contributed by atoms with van der Waals surface area (Å²) < 4.78 is 16.2. The summed E-state index contributed by atoms with van der Waals surface area (Å²) in [6, 6.07) is 13.0. The SMILES string of the molecule is COc1ccc(NC(=O)CCNc2ccccc2OC(C)C)c(OC)c1. The molecule has 2 rings (SSSR count). The van der Waals surface area contributed by atoms with Crippen molar-refractivity contribution in [3.8, 4) is 17.2 Å². The number of anilines is 2. The van der Waals surface area contributed by atoms with E-state index in [0.717, 1.165) is 11.4 Å². The Bertz CT molecular complexity index is 732. The molecule has 0 aromatic heterocycles. The Labute approximate surface area is 154 Å². The number of carbonyl (C=O) groups excluding carboxylic acids is 1. The lowest BCUT2D eigenvalue weighted by atomic mass is 10.2. The van der Waals surface area contributed by atoms with Crippen LogP contribution in [0.3, 0.4) is 0 Å². The van der Waals surface area contributed by atoms with Crippen LogP contribution in [0.2, 0.25) is 0 Å². The average molecular weight is 358 g/mol. The third kappa shape index (κ3) is 5.58. The highest BCUT2D eigenvalue weighted by Crippen LogP contribution is 2.29. The van der Waals surface area contributed by atoms with Gasteiger partial charge in [-0.15, -0.1) is 0 Å². The molecule has 6 nitrogen and oxygen atoms in total. The van der Waals surface area contributed by atoms with Gasteiger partial charge in [-0.25, -0.2) is 0 Å². The van der Waals surface area contributed by atoms with Crippen LogP contribution in [-0.4, -0.2) is 32.8 Å². The highest BCUT2D eigenvalue weighted by atomic mass is 16.5. The topological polar surface area (TPSA) is 68.8 Å². The van der Waals surface area contributed by atoms with Crippen molar-refractivity contribution in [1.29, 1.82) is 0 Å². The molecule has 2 N–H and O–H groups in total. The van der Waals surface area contributed by atoms with Crippen LogP contribution in [0, 0.1) is 0 Å². The molecule has 0 radical (unpaired) electrons. The largest absolute Gasteiger partial charge is 0.497 e. The fourth-order valence-corrected chi connectivity index (χ4v) is 2.39. The summed E-state index contributed by atoms with van der Waals surface area (Å²) in [6.07, 6.45) is 0.398. The van der Waals surface area contributed by atoms with Crippen molar-refractivity contribution in [2.24, 2.45) is 0 Å². The number of hydrogen-bond donors (Lipinski definition) is 2.